The van der Waals surface area contributed by atoms with E-state index in [1.54, 1.807) is 0 Å². The van der Waals surface area contributed by atoms with E-state index in [0.29, 0.717) is 6.61 Å². The molecule has 0 aliphatic carbocycles. The van der Waals surface area contributed by atoms with Crippen molar-refractivity contribution in [1.82, 2.24) is 9.38 Å². The van der Waals surface area contributed by atoms with Crippen molar-refractivity contribution in [3.63, 3.8) is 0 Å². The molecule has 0 N–H and O–H groups in total. The van der Waals surface area contributed by atoms with Crippen LogP contribution in [-0.2, 0) is 6.61 Å². The van der Waals surface area contributed by atoms with Crippen LogP contribution >= 0.6 is 11.6 Å². The van der Waals surface area contributed by atoms with Gasteiger partial charge in [-0.05, 0) is 67.4 Å². The number of aryl methyl sites for hydroxylation is 2. The fraction of sp³-hybridized carbons (Fsp3) is 0.136. The number of rotatable bonds is 4. The average molecular weight is 363 g/mol. The van der Waals surface area contributed by atoms with Gasteiger partial charge in [-0.3, -0.25) is 0 Å². The predicted octanol–water partition coefficient (Wildman–Crippen LogP) is 5.85. The molecule has 4 rings (SSSR count). The Balaban J connectivity index is 1.59. The largest absolute Gasteiger partial charge is 0.489 e. The highest BCUT2D eigenvalue weighted by Gasteiger charge is 2.11. The Morgan fingerprint density at radius 1 is 1.00 bits per heavy atom. The number of fused-ring (bicyclic) bond motifs is 1. The normalized spacial score (nSPS) is 11.0. The van der Waals surface area contributed by atoms with E-state index in [4.69, 9.17) is 21.3 Å². The second kappa shape index (κ2) is 6.85. The summed E-state index contributed by atoms with van der Waals surface area (Å²) in [5.74, 6) is 0.880. The molecule has 130 valence electrons. The zero-order valence-electron chi connectivity index (χ0n) is 14.7. The van der Waals surface area contributed by atoms with Gasteiger partial charge in [0, 0.05) is 22.5 Å². The number of hydrogen-bond donors (Lipinski definition) is 0. The molecule has 2 aromatic carbocycles. The Morgan fingerprint density at radius 2 is 1.81 bits per heavy atom. The molecule has 3 nitrogen and oxygen atoms in total. The van der Waals surface area contributed by atoms with Crippen LogP contribution in [0.15, 0.2) is 66.9 Å². The van der Waals surface area contributed by atoms with E-state index in [1.165, 1.54) is 0 Å². The minimum absolute atomic E-state index is 0.519. The lowest BCUT2D eigenvalue weighted by atomic mass is 10.1. The summed E-state index contributed by atoms with van der Waals surface area (Å²) in [6.45, 7) is 4.67. The van der Waals surface area contributed by atoms with Gasteiger partial charge in [-0.2, -0.15) is 0 Å². The van der Waals surface area contributed by atoms with E-state index in [-0.39, 0.29) is 0 Å². The molecule has 0 saturated heterocycles. The lowest BCUT2D eigenvalue weighted by Gasteiger charge is -2.11. The lowest BCUT2D eigenvalue weighted by molar-refractivity contribution is 0.304. The second-order valence-corrected chi connectivity index (χ2v) is 6.81. The van der Waals surface area contributed by atoms with Gasteiger partial charge in [0.1, 0.15) is 18.0 Å². The van der Waals surface area contributed by atoms with Crippen LogP contribution in [0.25, 0.3) is 16.9 Å². The van der Waals surface area contributed by atoms with E-state index in [0.717, 1.165) is 44.5 Å². The van der Waals surface area contributed by atoms with Gasteiger partial charge in [0.05, 0.1) is 5.69 Å². The van der Waals surface area contributed by atoms with E-state index < -0.39 is 0 Å². The number of benzene rings is 2. The van der Waals surface area contributed by atoms with E-state index in [9.17, 15) is 0 Å². The molecule has 0 aliphatic rings. The molecule has 0 spiro atoms. The van der Waals surface area contributed by atoms with Crippen LogP contribution in [0.4, 0.5) is 0 Å². The first-order chi connectivity index (χ1) is 12.6. The molecular formula is C22H19ClN2O. The fourth-order valence-corrected chi connectivity index (χ4v) is 3.22. The van der Waals surface area contributed by atoms with Crippen molar-refractivity contribution in [2.45, 2.75) is 20.5 Å². The third-order valence-corrected chi connectivity index (χ3v) is 4.78. The van der Waals surface area contributed by atoms with Gasteiger partial charge in [-0.15, -0.1) is 0 Å². The summed E-state index contributed by atoms with van der Waals surface area (Å²) in [5, 5.41) is 0.733. The third kappa shape index (κ3) is 3.18. The number of ether oxygens (including phenoxy) is 1. The Labute approximate surface area is 157 Å². The molecule has 0 saturated carbocycles. The molecule has 26 heavy (non-hydrogen) atoms. The summed E-state index contributed by atoms with van der Waals surface area (Å²) in [6, 6.07) is 20.0. The number of halogens is 1. The van der Waals surface area contributed by atoms with Crippen molar-refractivity contribution in [3.8, 4) is 17.0 Å². The van der Waals surface area contributed by atoms with Gasteiger partial charge in [-0.1, -0.05) is 29.8 Å². The van der Waals surface area contributed by atoms with Gasteiger partial charge >= 0.3 is 0 Å². The SMILES string of the molecule is Cc1cc(-c2nc3ccccn3c2C)ccc1OCc1ccc(Cl)cc1. The van der Waals surface area contributed by atoms with Gasteiger partial charge in [0.15, 0.2) is 0 Å². The molecule has 0 unspecified atom stereocenters. The molecule has 0 bridgehead atoms. The summed E-state index contributed by atoms with van der Waals surface area (Å²) in [4.78, 5) is 4.76. The maximum Gasteiger partial charge on any atom is 0.137 e. The van der Waals surface area contributed by atoms with Gasteiger partial charge in [-0.25, -0.2) is 4.98 Å². The lowest BCUT2D eigenvalue weighted by Crippen LogP contribution is -1.97. The summed E-state index contributed by atoms with van der Waals surface area (Å²) < 4.78 is 8.08. The molecule has 4 heteroatoms. The van der Waals surface area contributed by atoms with Gasteiger partial charge < -0.3 is 9.14 Å². The predicted molar refractivity (Wildman–Crippen MR) is 106 cm³/mol. The molecule has 2 aromatic heterocycles. The van der Waals surface area contributed by atoms with Crippen molar-refractivity contribution in [3.05, 3.63) is 88.7 Å². The minimum atomic E-state index is 0.519. The summed E-state index contributed by atoms with van der Waals surface area (Å²) in [6.07, 6.45) is 2.04. The molecule has 4 aromatic rings. The van der Waals surface area contributed by atoms with Crippen LogP contribution in [0.3, 0.4) is 0 Å². The Morgan fingerprint density at radius 3 is 2.54 bits per heavy atom. The van der Waals surface area contributed by atoms with E-state index >= 15 is 0 Å². The van der Waals surface area contributed by atoms with Crippen molar-refractivity contribution >= 4 is 17.2 Å². The number of hydrogen-bond acceptors (Lipinski definition) is 2. The van der Waals surface area contributed by atoms with Crippen LogP contribution in [0.5, 0.6) is 5.75 Å². The quantitative estimate of drug-likeness (QED) is 0.455. The maximum atomic E-state index is 5.97. The number of nitrogens with zero attached hydrogens (tertiary/aromatic N) is 2. The number of pyridine rings is 1. The summed E-state index contributed by atoms with van der Waals surface area (Å²) in [7, 11) is 0. The molecule has 0 fully saturated rings. The molecule has 0 aliphatic heterocycles. The zero-order chi connectivity index (χ0) is 18.1. The highest BCUT2D eigenvalue weighted by Crippen LogP contribution is 2.29. The van der Waals surface area contributed by atoms with Gasteiger partial charge in [0.25, 0.3) is 0 Å². The van der Waals surface area contributed by atoms with E-state index in [2.05, 4.69) is 30.4 Å². The van der Waals surface area contributed by atoms with Crippen LogP contribution in [0.2, 0.25) is 5.02 Å². The molecule has 0 atom stereocenters. The fourth-order valence-electron chi connectivity index (χ4n) is 3.09. The zero-order valence-corrected chi connectivity index (χ0v) is 15.5. The van der Waals surface area contributed by atoms with E-state index in [1.807, 2.05) is 54.7 Å². The second-order valence-electron chi connectivity index (χ2n) is 6.37. The van der Waals surface area contributed by atoms with Crippen LogP contribution in [0, 0.1) is 13.8 Å². The standard InChI is InChI=1S/C22H19ClN2O/c1-15-13-18(22-16(2)25-12-4-3-5-21(25)24-22)8-11-20(15)26-14-17-6-9-19(23)10-7-17/h3-13H,14H2,1-2H3. The highest BCUT2D eigenvalue weighted by atomic mass is 35.5. The van der Waals surface area contributed by atoms with Gasteiger partial charge in [0.2, 0.25) is 0 Å². The molecule has 0 radical (unpaired) electrons. The van der Waals surface area contributed by atoms with Crippen LogP contribution in [0.1, 0.15) is 16.8 Å². The van der Waals surface area contributed by atoms with Crippen molar-refractivity contribution in [2.75, 3.05) is 0 Å². The molecular weight excluding hydrogens is 344 g/mol. The smallest absolute Gasteiger partial charge is 0.137 e. The molecule has 2 heterocycles. The monoisotopic (exact) mass is 362 g/mol. The maximum absolute atomic E-state index is 5.97. The first kappa shape index (κ1) is 16.7. The first-order valence-corrected chi connectivity index (χ1v) is 8.91. The average Bonchev–Trinajstić information content (AvgIpc) is 2.99. The Hall–Kier alpha value is -2.78. The topological polar surface area (TPSA) is 26.5 Å². The summed E-state index contributed by atoms with van der Waals surface area (Å²) >= 11 is 5.92. The number of aromatic nitrogens is 2. The Bertz CT molecular complexity index is 1070. The number of imidazole rings is 1. The Kier molecular flexibility index (Phi) is 4.39. The summed E-state index contributed by atoms with van der Waals surface area (Å²) in [5.41, 5.74) is 6.38. The van der Waals surface area contributed by atoms with Crippen molar-refractivity contribution < 1.29 is 4.74 Å². The third-order valence-electron chi connectivity index (χ3n) is 4.52. The minimum Gasteiger partial charge on any atom is -0.489 e. The van der Waals surface area contributed by atoms with Crippen molar-refractivity contribution in [2.24, 2.45) is 0 Å². The van der Waals surface area contributed by atoms with Crippen LogP contribution < -0.4 is 4.74 Å². The highest BCUT2D eigenvalue weighted by molar-refractivity contribution is 6.30. The first-order valence-electron chi connectivity index (χ1n) is 8.54. The van der Waals surface area contributed by atoms with Crippen LogP contribution in [-0.4, -0.2) is 9.38 Å². The molecule has 0 amide bonds. The van der Waals surface area contributed by atoms with Crippen molar-refractivity contribution in [1.29, 1.82) is 0 Å².